The minimum Gasteiger partial charge on any atom is -0.431 e. The van der Waals surface area contributed by atoms with Gasteiger partial charge in [0.25, 0.3) is 11.1 Å². The molecule has 1 saturated carbocycles. The summed E-state index contributed by atoms with van der Waals surface area (Å²) in [7, 11) is 0. The molecule has 0 atom stereocenters. The Hall–Kier alpha value is -1.92. The van der Waals surface area contributed by atoms with Crippen molar-refractivity contribution < 1.29 is 9.53 Å². The summed E-state index contributed by atoms with van der Waals surface area (Å²) in [5.41, 5.74) is 0.725. The summed E-state index contributed by atoms with van der Waals surface area (Å²) < 4.78 is 5.66. The maximum absolute atomic E-state index is 12.8. The van der Waals surface area contributed by atoms with Crippen LogP contribution >= 0.6 is 11.3 Å². The molecule has 0 bridgehead atoms. The van der Waals surface area contributed by atoms with E-state index in [4.69, 9.17) is 4.74 Å². The number of amides is 1. The van der Waals surface area contributed by atoms with Gasteiger partial charge < -0.3 is 9.64 Å². The maximum atomic E-state index is 12.8. The van der Waals surface area contributed by atoms with Crippen LogP contribution in [-0.4, -0.2) is 52.9 Å². The van der Waals surface area contributed by atoms with Crippen LogP contribution in [0.5, 0.6) is 10.9 Å². The average Bonchev–Trinajstić information content (AvgIpc) is 3.22. The summed E-state index contributed by atoms with van der Waals surface area (Å²) >= 11 is 1.45. The van der Waals surface area contributed by atoms with Crippen LogP contribution < -0.4 is 4.74 Å². The first-order chi connectivity index (χ1) is 12.8. The highest BCUT2D eigenvalue weighted by Crippen LogP contribution is 2.25. The molecule has 1 aromatic carbocycles. The highest BCUT2D eigenvalue weighted by atomic mass is 32.1. The van der Waals surface area contributed by atoms with Gasteiger partial charge in [-0.1, -0.05) is 30.6 Å². The molecule has 1 aliphatic carbocycles. The first-order valence-electron chi connectivity index (χ1n) is 9.50. The van der Waals surface area contributed by atoms with E-state index in [2.05, 4.69) is 9.88 Å². The lowest BCUT2D eigenvalue weighted by Crippen LogP contribution is -2.52. The highest BCUT2D eigenvalue weighted by Gasteiger charge is 2.27. The normalized spacial score (nSPS) is 19.5. The second-order valence-corrected chi connectivity index (χ2v) is 7.90. The molecule has 2 aliphatic rings. The third-order valence-corrected chi connectivity index (χ3v) is 6.06. The van der Waals surface area contributed by atoms with E-state index in [0.29, 0.717) is 10.9 Å². The number of benzene rings is 1. The molecule has 2 heterocycles. The summed E-state index contributed by atoms with van der Waals surface area (Å²) in [5.74, 6) is 0.827. The molecular formula is C20H25N3O2S. The van der Waals surface area contributed by atoms with Crippen molar-refractivity contribution >= 4 is 17.2 Å². The van der Waals surface area contributed by atoms with E-state index in [1.807, 2.05) is 34.5 Å². The van der Waals surface area contributed by atoms with E-state index in [1.54, 1.807) is 6.20 Å². The van der Waals surface area contributed by atoms with Gasteiger partial charge in [0.05, 0.1) is 0 Å². The van der Waals surface area contributed by atoms with Crippen molar-refractivity contribution in [1.29, 1.82) is 0 Å². The molecule has 0 N–H and O–H groups in total. The Labute approximate surface area is 158 Å². The quantitative estimate of drug-likeness (QED) is 0.814. The number of rotatable bonds is 4. The van der Waals surface area contributed by atoms with Gasteiger partial charge in [0.15, 0.2) is 0 Å². The first kappa shape index (κ1) is 17.5. The molecule has 26 heavy (non-hydrogen) atoms. The molecule has 2 fully saturated rings. The predicted octanol–water partition coefficient (Wildman–Crippen LogP) is 4.03. The van der Waals surface area contributed by atoms with Gasteiger partial charge in [-0.3, -0.25) is 9.69 Å². The Kier molecular flexibility index (Phi) is 5.51. The van der Waals surface area contributed by atoms with Gasteiger partial charge in [-0.2, -0.15) is 0 Å². The molecule has 138 valence electrons. The van der Waals surface area contributed by atoms with Crippen molar-refractivity contribution in [1.82, 2.24) is 14.8 Å². The molecule has 1 aromatic heterocycles. The Morgan fingerprint density at radius 1 is 1.04 bits per heavy atom. The minimum absolute atomic E-state index is 0.120. The number of hydrogen-bond acceptors (Lipinski definition) is 5. The third kappa shape index (κ3) is 4.07. The van der Waals surface area contributed by atoms with Gasteiger partial charge >= 0.3 is 0 Å². The largest absolute Gasteiger partial charge is 0.431 e. The average molecular weight is 372 g/mol. The molecule has 1 amide bonds. The first-order valence-corrected chi connectivity index (χ1v) is 10.4. The van der Waals surface area contributed by atoms with Crippen molar-refractivity contribution in [2.75, 3.05) is 26.2 Å². The van der Waals surface area contributed by atoms with Gasteiger partial charge in [0, 0.05) is 49.4 Å². The van der Waals surface area contributed by atoms with Crippen LogP contribution in [0.25, 0.3) is 0 Å². The molecule has 0 unspecified atom stereocenters. The number of nitrogens with zero attached hydrogens (tertiary/aromatic N) is 3. The van der Waals surface area contributed by atoms with Crippen LogP contribution in [0.15, 0.2) is 35.8 Å². The van der Waals surface area contributed by atoms with Gasteiger partial charge in [0.1, 0.15) is 5.75 Å². The van der Waals surface area contributed by atoms with Crippen LogP contribution in [-0.2, 0) is 0 Å². The fourth-order valence-corrected chi connectivity index (χ4v) is 4.45. The van der Waals surface area contributed by atoms with Crippen LogP contribution in [0, 0.1) is 0 Å². The van der Waals surface area contributed by atoms with Gasteiger partial charge in [-0.05, 0) is 37.1 Å². The van der Waals surface area contributed by atoms with E-state index in [1.165, 1.54) is 43.4 Å². The fraction of sp³-hybridized carbons (Fsp3) is 0.500. The maximum Gasteiger partial charge on any atom is 0.278 e. The summed E-state index contributed by atoms with van der Waals surface area (Å²) in [6.07, 6.45) is 8.48. The zero-order valence-corrected chi connectivity index (χ0v) is 15.8. The Bertz CT molecular complexity index is 703. The summed E-state index contributed by atoms with van der Waals surface area (Å²) in [6, 6.07) is 8.11. The van der Waals surface area contributed by atoms with E-state index >= 15 is 0 Å². The number of aromatic nitrogens is 1. The Balaban J connectivity index is 1.31. The van der Waals surface area contributed by atoms with E-state index in [-0.39, 0.29) is 5.91 Å². The van der Waals surface area contributed by atoms with Crippen LogP contribution in [0.2, 0.25) is 0 Å². The monoisotopic (exact) mass is 371 g/mol. The number of hydrogen-bond donors (Lipinski definition) is 0. The van der Waals surface area contributed by atoms with Crippen molar-refractivity contribution in [2.45, 2.75) is 38.1 Å². The minimum atomic E-state index is 0.120. The molecule has 2 aromatic rings. The van der Waals surface area contributed by atoms with Gasteiger partial charge in [-0.15, -0.1) is 0 Å². The molecular weight excluding hydrogens is 346 g/mol. The second-order valence-electron chi connectivity index (χ2n) is 7.04. The molecule has 1 saturated heterocycles. The van der Waals surface area contributed by atoms with Gasteiger partial charge in [0.2, 0.25) is 0 Å². The molecule has 0 radical (unpaired) electrons. The van der Waals surface area contributed by atoms with Crippen molar-refractivity contribution in [3.63, 3.8) is 0 Å². The number of piperazine rings is 1. The third-order valence-electron chi connectivity index (χ3n) is 5.41. The smallest absolute Gasteiger partial charge is 0.278 e. The molecule has 4 rings (SSSR count). The lowest BCUT2D eigenvalue weighted by molar-refractivity contribution is 0.0523. The predicted molar refractivity (Wildman–Crippen MR) is 103 cm³/mol. The lowest BCUT2D eigenvalue weighted by Gasteiger charge is -2.40. The van der Waals surface area contributed by atoms with E-state index in [9.17, 15) is 4.79 Å². The SMILES string of the molecule is O=C(c1ccc(Oc2nccs2)cc1)N1CCN(C2CCCCC2)CC1. The van der Waals surface area contributed by atoms with Crippen molar-refractivity contribution in [3.8, 4) is 10.9 Å². The Morgan fingerprint density at radius 3 is 2.42 bits per heavy atom. The zero-order chi connectivity index (χ0) is 17.8. The van der Waals surface area contributed by atoms with Crippen LogP contribution in [0.1, 0.15) is 42.5 Å². The number of carbonyl (C=O) groups is 1. The van der Waals surface area contributed by atoms with Crippen LogP contribution in [0.4, 0.5) is 0 Å². The number of ether oxygens (including phenoxy) is 1. The number of thiazole rings is 1. The molecule has 6 heteroatoms. The number of carbonyl (C=O) groups excluding carboxylic acids is 1. The fourth-order valence-electron chi connectivity index (χ4n) is 3.95. The van der Waals surface area contributed by atoms with Gasteiger partial charge in [-0.25, -0.2) is 4.98 Å². The summed E-state index contributed by atoms with van der Waals surface area (Å²) in [4.78, 5) is 21.4. The van der Waals surface area contributed by atoms with E-state index < -0.39 is 0 Å². The Morgan fingerprint density at radius 2 is 1.77 bits per heavy atom. The molecule has 0 spiro atoms. The zero-order valence-electron chi connectivity index (χ0n) is 15.0. The molecule has 5 nitrogen and oxygen atoms in total. The topological polar surface area (TPSA) is 45.7 Å². The van der Waals surface area contributed by atoms with Crippen molar-refractivity contribution in [2.24, 2.45) is 0 Å². The standard InChI is InChI=1S/C20H25N3O2S/c24-19(16-6-8-18(9-7-16)25-20-21-10-15-26-20)23-13-11-22(12-14-23)17-4-2-1-3-5-17/h6-10,15,17H,1-5,11-14H2. The summed E-state index contributed by atoms with van der Waals surface area (Å²) in [6.45, 7) is 3.66. The van der Waals surface area contributed by atoms with Crippen molar-refractivity contribution in [3.05, 3.63) is 41.4 Å². The van der Waals surface area contributed by atoms with E-state index in [0.717, 1.165) is 37.8 Å². The van der Waals surface area contributed by atoms with Crippen LogP contribution in [0.3, 0.4) is 0 Å². The second kappa shape index (κ2) is 8.18. The summed E-state index contributed by atoms with van der Waals surface area (Å²) in [5, 5.41) is 2.49. The highest BCUT2D eigenvalue weighted by molar-refractivity contribution is 7.11. The molecule has 1 aliphatic heterocycles. The lowest BCUT2D eigenvalue weighted by atomic mass is 9.94.